The van der Waals surface area contributed by atoms with Gasteiger partial charge in [-0.15, -0.1) is 0 Å². The molecular weight excluding hydrogens is 309 g/mol. The van der Waals surface area contributed by atoms with Crippen LogP contribution in [0.5, 0.6) is 0 Å². The van der Waals surface area contributed by atoms with Gasteiger partial charge in [0.25, 0.3) is 11.5 Å². The van der Waals surface area contributed by atoms with E-state index in [0.717, 1.165) is 25.5 Å². The van der Waals surface area contributed by atoms with Crippen molar-refractivity contribution in [3.8, 4) is 0 Å². The largest absolute Gasteiger partial charge is 0.336 e. The predicted octanol–water partition coefficient (Wildman–Crippen LogP) is 2.32. The molecule has 2 fully saturated rings. The minimum atomic E-state index is -0.399. The van der Waals surface area contributed by atoms with Crippen LogP contribution in [0.3, 0.4) is 0 Å². The molecule has 2 aromatic rings. The van der Waals surface area contributed by atoms with Gasteiger partial charge in [0.2, 0.25) is 0 Å². The molecule has 1 saturated heterocycles. The molecule has 1 aliphatic carbocycles. The molecule has 1 atom stereocenters. The first-order valence-electron chi connectivity index (χ1n) is 8.17. The lowest BCUT2D eigenvalue weighted by Crippen LogP contribution is -2.38. The van der Waals surface area contributed by atoms with Crippen molar-refractivity contribution in [3.63, 3.8) is 0 Å². The second kappa shape index (κ2) is 5.54. The summed E-state index contributed by atoms with van der Waals surface area (Å²) in [7, 11) is 0. The fraction of sp³-hybridized carbons (Fsp3) is 0.389. The van der Waals surface area contributed by atoms with Gasteiger partial charge in [-0.25, -0.2) is 4.39 Å². The van der Waals surface area contributed by atoms with Crippen LogP contribution in [-0.2, 0) is 0 Å². The van der Waals surface area contributed by atoms with Crippen LogP contribution in [0.25, 0.3) is 0 Å². The monoisotopic (exact) mass is 327 g/mol. The molecule has 1 aromatic heterocycles. The Morgan fingerprint density at radius 3 is 2.75 bits per heavy atom. The lowest BCUT2D eigenvalue weighted by molar-refractivity contribution is 0.0718. The van der Waals surface area contributed by atoms with Crippen molar-refractivity contribution in [1.82, 2.24) is 14.9 Å². The van der Waals surface area contributed by atoms with E-state index in [0.29, 0.717) is 18.7 Å². The van der Waals surface area contributed by atoms with E-state index in [2.05, 4.69) is 9.97 Å². The van der Waals surface area contributed by atoms with Crippen LogP contribution >= 0.6 is 0 Å². The number of carbonyl (C=O) groups is 1. The average Bonchev–Trinajstić information content (AvgIpc) is 2.95. The Balaban J connectivity index is 1.65. The highest BCUT2D eigenvalue weighted by molar-refractivity contribution is 5.92. The average molecular weight is 327 g/mol. The summed E-state index contributed by atoms with van der Waals surface area (Å²) < 4.78 is 14.3. The first-order valence-corrected chi connectivity index (χ1v) is 8.17. The van der Waals surface area contributed by atoms with E-state index in [-0.39, 0.29) is 28.8 Å². The Bertz CT molecular complexity index is 844. The molecule has 1 aliphatic heterocycles. The second-order valence-corrected chi connectivity index (χ2v) is 6.79. The number of carbonyl (C=O) groups excluding carboxylic acids is 1. The highest BCUT2D eigenvalue weighted by atomic mass is 19.1. The second-order valence-electron chi connectivity index (χ2n) is 6.79. The maximum atomic E-state index is 14.3. The molecule has 1 unspecified atom stereocenters. The molecule has 2 aliphatic rings. The van der Waals surface area contributed by atoms with Crippen molar-refractivity contribution in [2.45, 2.75) is 25.2 Å². The lowest BCUT2D eigenvalue weighted by atomic mass is 9.61. The zero-order valence-electron chi connectivity index (χ0n) is 13.2. The molecule has 1 spiro atoms. The van der Waals surface area contributed by atoms with E-state index in [4.69, 9.17) is 0 Å². The number of hydrogen-bond acceptors (Lipinski definition) is 3. The van der Waals surface area contributed by atoms with Gasteiger partial charge in [0.15, 0.2) is 0 Å². The minimum Gasteiger partial charge on any atom is -0.336 e. The summed E-state index contributed by atoms with van der Waals surface area (Å²) >= 11 is 0. The third-order valence-corrected chi connectivity index (χ3v) is 5.45. The van der Waals surface area contributed by atoms with Gasteiger partial charge >= 0.3 is 0 Å². The smallest absolute Gasteiger partial charge is 0.272 e. The molecule has 24 heavy (non-hydrogen) atoms. The van der Waals surface area contributed by atoms with Crippen molar-refractivity contribution in [2.24, 2.45) is 5.41 Å². The van der Waals surface area contributed by atoms with Crippen molar-refractivity contribution in [2.75, 3.05) is 13.1 Å². The highest BCUT2D eigenvalue weighted by Gasteiger charge is 2.52. The molecule has 1 amide bonds. The van der Waals surface area contributed by atoms with Gasteiger partial charge in [0, 0.05) is 19.0 Å². The number of halogens is 1. The van der Waals surface area contributed by atoms with Crippen LogP contribution in [0.15, 0.2) is 41.5 Å². The fourth-order valence-corrected chi connectivity index (χ4v) is 4.10. The molecule has 1 N–H and O–H groups in total. The Labute approximate surface area is 138 Å². The van der Waals surface area contributed by atoms with Gasteiger partial charge in [-0.1, -0.05) is 24.6 Å². The Morgan fingerprint density at radius 1 is 1.29 bits per heavy atom. The van der Waals surface area contributed by atoms with E-state index in [9.17, 15) is 14.0 Å². The maximum Gasteiger partial charge on any atom is 0.272 e. The number of hydrogen-bond donors (Lipinski definition) is 1. The summed E-state index contributed by atoms with van der Waals surface area (Å²) in [6.45, 7) is 1.07. The molecule has 4 rings (SSSR count). The highest BCUT2D eigenvalue weighted by Crippen LogP contribution is 2.56. The molecule has 124 valence electrons. The fourth-order valence-electron chi connectivity index (χ4n) is 4.10. The molecule has 0 bridgehead atoms. The van der Waals surface area contributed by atoms with E-state index < -0.39 is 5.56 Å². The number of rotatable bonds is 2. The standard InChI is InChI=1S/C18H18FN3O2/c19-14-5-2-1-4-12(14)13-10-22(11-18(13)6-3-7-18)17(24)15-8-20-9-16(23)21-15/h1-2,4-5,8-9,13H,3,6-7,10-11H2,(H,21,23). The lowest BCUT2D eigenvalue weighted by Gasteiger charge is -2.43. The normalized spacial score (nSPS) is 21.7. The molecular formula is C18H18FN3O2. The first-order chi connectivity index (χ1) is 11.6. The number of nitrogens with one attached hydrogen (secondary N) is 1. The summed E-state index contributed by atoms with van der Waals surface area (Å²) in [6.07, 6.45) is 5.61. The van der Waals surface area contributed by atoms with E-state index in [1.165, 1.54) is 12.3 Å². The van der Waals surface area contributed by atoms with Crippen molar-refractivity contribution >= 4 is 5.91 Å². The zero-order valence-corrected chi connectivity index (χ0v) is 13.2. The van der Waals surface area contributed by atoms with Gasteiger partial charge < -0.3 is 9.88 Å². The predicted molar refractivity (Wildman–Crippen MR) is 86.2 cm³/mol. The van der Waals surface area contributed by atoms with Gasteiger partial charge in [-0.3, -0.25) is 14.6 Å². The summed E-state index contributed by atoms with van der Waals surface area (Å²) in [5.74, 6) is -0.456. The van der Waals surface area contributed by atoms with Crippen LogP contribution in [0.2, 0.25) is 0 Å². The van der Waals surface area contributed by atoms with Gasteiger partial charge in [0.05, 0.1) is 12.4 Å². The number of likely N-dealkylation sites (tertiary alicyclic amines) is 1. The van der Waals surface area contributed by atoms with E-state index in [1.54, 1.807) is 11.0 Å². The van der Waals surface area contributed by atoms with Crippen LogP contribution in [0, 0.1) is 11.2 Å². The minimum absolute atomic E-state index is 0.000191. The number of H-pyrrole nitrogens is 1. The topological polar surface area (TPSA) is 66.1 Å². The SMILES string of the molecule is O=C(c1cncc(=O)[nH]1)N1CC(c2ccccc2F)C2(CCC2)C1. The van der Waals surface area contributed by atoms with Crippen LogP contribution in [0.1, 0.15) is 41.2 Å². The molecule has 1 saturated carbocycles. The first kappa shape index (κ1) is 15.1. The van der Waals surface area contributed by atoms with Gasteiger partial charge in [0.1, 0.15) is 11.5 Å². The quantitative estimate of drug-likeness (QED) is 0.920. The van der Waals surface area contributed by atoms with Gasteiger partial charge in [-0.2, -0.15) is 0 Å². The Kier molecular flexibility index (Phi) is 3.48. The van der Waals surface area contributed by atoms with E-state index in [1.807, 2.05) is 12.1 Å². The number of aromatic amines is 1. The number of amides is 1. The van der Waals surface area contributed by atoms with Crippen molar-refractivity contribution in [3.05, 3.63) is 64.1 Å². The molecule has 1 aromatic carbocycles. The summed E-state index contributed by atoms with van der Waals surface area (Å²) in [6, 6.07) is 6.82. The number of nitrogens with zero attached hydrogens (tertiary/aromatic N) is 2. The number of aromatic nitrogens is 2. The van der Waals surface area contributed by atoms with Crippen molar-refractivity contribution < 1.29 is 9.18 Å². The molecule has 0 radical (unpaired) electrons. The van der Waals surface area contributed by atoms with Crippen LogP contribution in [-0.4, -0.2) is 33.9 Å². The zero-order chi connectivity index (χ0) is 16.7. The molecule has 5 nitrogen and oxygen atoms in total. The van der Waals surface area contributed by atoms with E-state index >= 15 is 0 Å². The number of benzene rings is 1. The van der Waals surface area contributed by atoms with Crippen LogP contribution in [0.4, 0.5) is 4.39 Å². The molecule has 6 heteroatoms. The summed E-state index contributed by atoms with van der Waals surface area (Å²) in [5, 5.41) is 0. The van der Waals surface area contributed by atoms with Crippen LogP contribution < -0.4 is 5.56 Å². The van der Waals surface area contributed by atoms with Crippen molar-refractivity contribution in [1.29, 1.82) is 0 Å². The third-order valence-electron chi connectivity index (χ3n) is 5.45. The Hall–Kier alpha value is -2.50. The summed E-state index contributed by atoms with van der Waals surface area (Å²) in [5.41, 5.74) is 0.433. The molecule has 2 heterocycles. The maximum absolute atomic E-state index is 14.3. The van der Waals surface area contributed by atoms with Gasteiger partial charge in [-0.05, 0) is 29.9 Å². The third kappa shape index (κ3) is 2.33. The summed E-state index contributed by atoms with van der Waals surface area (Å²) in [4.78, 5) is 32.1. The Morgan fingerprint density at radius 2 is 2.08 bits per heavy atom.